The second kappa shape index (κ2) is 12.4. The van der Waals surface area contributed by atoms with Crippen LogP contribution in [-0.4, -0.2) is 0 Å². The Bertz CT molecular complexity index is 78.0. The summed E-state index contributed by atoms with van der Waals surface area (Å²) in [5.74, 6) is 0. The number of hydrogen-bond donors (Lipinski definition) is 0. The third kappa shape index (κ3) is 17.7. The van der Waals surface area contributed by atoms with E-state index >= 15 is 0 Å². The van der Waals surface area contributed by atoms with Gasteiger partial charge in [-0.2, -0.15) is 0 Å². The normalized spacial score (nSPS) is 10.5. The van der Waals surface area contributed by atoms with Gasteiger partial charge < -0.3 is 0 Å². The molecule has 68 valence electrons. The molecule has 0 nitrogen and oxygen atoms in total. The molecule has 0 saturated carbocycles. The van der Waals surface area contributed by atoms with Crippen LogP contribution in [0.15, 0.2) is 11.6 Å². The van der Waals surface area contributed by atoms with E-state index in [0.717, 1.165) is 0 Å². The molecule has 0 unspecified atom stereocenters. The molecular formula is C11H24. The van der Waals surface area contributed by atoms with Gasteiger partial charge in [-0.1, -0.05) is 51.7 Å². The Kier molecular flexibility index (Phi) is 15.1. The summed E-state index contributed by atoms with van der Waals surface area (Å²) in [6, 6.07) is 0. The molecule has 0 aromatic rings. The van der Waals surface area contributed by atoms with E-state index in [2.05, 4.69) is 40.7 Å². The van der Waals surface area contributed by atoms with Crippen molar-refractivity contribution in [2.75, 3.05) is 0 Å². The van der Waals surface area contributed by atoms with Crippen molar-refractivity contribution in [3.63, 3.8) is 0 Å². The lowest BCUT2D eigenvalue weighted by Gasteiger charge is -1.85. The van der Waals surface area contributed by atoms with Crippen molar-refractivity contribution >= 4 is 0 Å². The van der Waals surface area contributed by atoms with Gasteiger partial charge in [0.2, 0.25) is 0 Å². The zero-order valence-corrected chi connectivity index (χ0v) is 8.91. The molecule has 0 spiro atoms. The minimum absolute atomic E-state index is 1.19. The third-order valence-electron chi connectivity index (χ3n) is 1.76. The molecular weight excluding hydrogens is 132 g/mol. The largest absolute Gasteiger partial charge is 0.0887 e. The van der Waals surface area contributed by atoms with Crippen LogP contribution in [0.2, 0.25) is 0 Å². The molecule has 0 aliphatic carbocycles. The van der Waals surface area contributed by atoms with Crippen LogP contribution < -0.4 is 0 Å². The van der Waals surface area contributed by atoms with E-state index in [9.17, 15) is 0 Å². The van der Waals surface area contributed by atoms with Crippen molar-refractivity contribution < 1.29 is 0 Å². The van der Waals surface area contributed by atoms with E-state index in [4.69, 9.17) is 0 Å². The Morgan fingerprint density at radius 2 is 1.55 bits per heavy atom. The van der Waals surface area contributed by atoms with Gasteiger partial charge in [0, 0.05) is 0 Å². The topological polar surface area (TPSA) is 0 Å². The average molecular weight is 156 g/mol. The van der Waals surface area contributed by atoms with Crippen LogP contribution in [0.25, 0.3) is 0 Å². The smallest absolute Gasteiger partial charge is 0.0352 e. The standard InChI is InChI=1S/C6H12.C5H12/c1-4-6(3)5-2;1-3-5-4-2/h4H,5H2,1-3H3;3-5H2,1-2H3/b6-4-;. The lowest BCUT2D eigenvalue weighted by atomic mass is 10.2. The number of unbranched alkanes of at least 4 members (excludes halogenated alkanes) is 2. The van der Waals surface area contributed by atoms with Gasteiger partial charge in [-0.3, -0.25) is 0 Å². The lowest BCUT2D eigenvalue weighted by Crippen LogP contribution is -1.63. The summed E-state index contributed by atoms with van der Waals surface area (Å²) >= 11 is 0. The first-order chi connectivity index (χ1) is 5.22. The molecule has 0 fully saturated rings. The van der Waals surface area contributed by atoms with Crippen LogP contribution in [0.3, 0.4) is 0 Å². The molecule has 0 amide bonds. The minimum Gasteiger partial charge on any atom is -0.0887 e. The van der Waals surface area contributed by atoms with Crippen LogP contribution >= 0.6 is 0 Å². The Labute approximate surface area is 72.7 Å². The Balaban J connectivity index is 0. The van der Waals surface area contributed by atoms with Crippen LogP contribution in [0.4, 0.5) is 0 Å². The van der Waals surface area contributed by atoms with Crippen molar-refractivity contribution in [1.82, 2.24) is 0 Å². The molecule has 11 heavy (non-hydrogen) atoms. The van der Waals surface area contributed by atoms with E-state index in [1.165, 1.54) is 31.3 Å². The molecule has 0 bridgehead atoms. The molecule has 0 heterocycles. The van der Waals surface area contributed by atoms with Gasteiger partial charge >= 0.3 is 0 Å². The van der Waals surface area contributed by atoms with Crippen molar-refractivity contribution in [2.24, 2.45) is 0 Å². The summed E-state index contributed by atoms with van der Waals surface area (Å²) < 4.78 is 0. The summed E-state index contributed by atoms with van der Waals surface area (Å²) in [4.78, 5) is 0. The molecule has 0 rings (SSSR count). The minimum atomic E-state index is 1.19. The lowest BCUT2D eigenvalue weighted by molar-refractivity contribution is 0.772. The van der Waals surface area contributed by atoms with Gasteiger partial charge in [-0.05, 0) is 20.3 Å². The molecule has 0 aliphatic rings. The van der Waals surface area contributed by atoms with Crippen molar-refractivity contribution in [3.8, 4) is 0 Å². The van der Waals surface area contributed by atoms with Crippen LogP contribution in [-0.2, 0) is 0 Å². The first-order valence-corrected chi connectivity index (χ1v) is 4.84. The highest BCUT2D eigenvalue weighted by Crippen LogP contribution is 1.94. The predicted molar refractivity (Wildman–Crippen MR) is 54.9 cm³/mol. The number of rotatable bonds is 3. The number of allylic oxidation sites excluding steroid dienone is 2. The maximum atomic E-state index is 2.21. The second-order valence-electron chi connectivity index (χ2n) is 2.84. The predicted octanol–water partition coefficient (Wildman–Crippen LogP) is 4.56. The summed E-state index contributed by atoms with van der Waals surface area (Å²) in [5, 5.41) is 0. The molecule has 0 radical (unpaired) electrons. The Hall–Kier alpha value is -0.260. The maximum Gasteiger partial charge on any atom is -0.0352 e. The SMILES string of the molecule is C/C=C(/C)CC.CCCCC. The monoisotopic (exact) mass is 156 g/mol. The summed E-state index contributed by atoms with van der Waals surface area (Å²) in [6.45, 7) is 10.8. The Morgan fingerprint density at radius 3 is 1.55 bits per heavy atom. The average Bonchev–Trinajstić information content (AvgIpc) is 2.06. The van der Waals surface area contributed by atoms with Gasteiger partial charge in [0.1, 0.15) is 0 Å². The zero-order valence-electron chi connectivity index (χ0n) is 8.91. The van der Waals surface area contributed by atoms with E-state index < -0.39 is 0 Å². The van der Waals surface area contributed by atoms with Gasteiger partial charge in [-0.15, -0.1) is 0 Å². The van der Waals surface area contributed by atoms with Crippen LogP contribution in [0, 0.1) is 0 Å². The van der Waals surface area contributed by atoms with Gasteiger partial charge in [0.25, 0.3) is 0 Å². The molecule has 0 saturated heterocycles. The second-order valence-corrected chi connectivity index (χ2v) is 2.84. The first kappa shape index (κ1) is 13.3. The van der Waals surface area contributed by atoms with Gasteiger partial charge in [0.15, 0.2) is 0 Å². The maximum absolute atomic E-state index is 2.21. The fourth-order valence-electron chi connectivity index (χ4n) is 0.558. The van der Waals surface area contributed by atoms with Crippen LogP contribution in [0.1, 0.15) is 60.3 Å². The highest BCUT2D eigenvalue weighted by atomic mass is 13.8. The molecule has 0 aromatic heterocycles. The zero-order chi connectivity index (χ0) is 9.11. The van der Waals surface area contributed by atoms with Crippen molar-refractivity contribution in [2.45, 2.75) is 60.3 Å². The quantitative estimate of drug-likeness (QED) is 0.525. The third-order valence-corrected chi connectivity index (χ3v) is 1.76. The van der Waals surface area contributed by atoms with Gasteiger partial charge in [0.05, 0.1) is 0 Å². The highest BCUT2D eigenvalue weighted by molar-refractivity contribution is 4.93. The fraction of sp³-hybridized carbons (Fsp3) is 0.818. The molecule has 0 atom stereocenters. The van der Waals surface area contributed by atoms with E-state index in [1.807, 2.05) is 0 Å². The number of hydrogen-bond acceptors (Lipinski definition) is 0. The summed E-state index contributed by atoms with van der Waals surface area (Å²) in [7, 11) is 0. The summed E-state index contributed by atoms with van der Waals surface area (Å²) in [5.41, 5.74) is 1.47. The summed E-state index contributed by atoms with van der Waals surface area (Å²) in [6.07, 6.45) is 7.41. The Morgan fingerprint density at radius 1 is 1.09 bits per heavy atom. The molecule has 0 aliphatic heterocycles. The van der Waals surface area contributed by atoms with E-state index in [-0.39, 0.29) is 0 Å². The fourth-order valence-corrected chi connectivity index (χ4v) is 0.558. The van der Waals surface area contributed by atoms with Crippen molar-refractivity contribution in [3.05, 3.63) is 11.6 Å². The molecule has 0 heteroatoms. The highest BCUT2D eigenvalue weighted by Gasteiger charge is 1.73. The van der Waals surface area contributed by atoms with Crippen LogP contribution in [0.5, 0.6) is 0 Å². The van der Waals surface area contributed by atoms with E-state index in [0.29, 0.717) is 0 Å². The first-order valence-electron chi connectivity index (χ1n) is 4.84. The van der Waals surface area contributed by atoms with Crippen molar-refractivity contribution in [1.29, 1.82) is 0 Å². The molecule has 0 N–H and O–H groups in total. The molecule has 0 aromatic carbocycles. The van der Waals surface area contributed by atoms with Gasteiger partial charge in [-0.25, -0.2) is 0 Å². The van der Waals surface area contributed by atoms with E-state index in [1.54, 1.807) is 0 Å².